The highest BCUT2D eigenvalue weighted by atomic mass is 16.5. The number of nitrogens with zero attached hydrogens (tertiary/aromatic N) is 1. The normalized spacial score (nSPS) is 31.9. The Morgan fingerprint density at radius 2 is 1.89 bits per heavy atom. The van der Waals surface area contributed by atoms with Crippen LogP contribution in [0.25, 0.3) is 0 Å². The fourth-order valence-corrected chi connectivity index (χ4v) is 3.87. The molecule has 2 atom stereocenters. The first-order valence-electron chi connectivity index (χ1n) is 7.86. The Hall–Kier alpha value is -0.570. The van der Waals surface area contributed by atoms with Gasteiger partial charge in [0.2, 0.25) is 0 Å². The summed E-state index contributed by atoms with van der Waals surface area (Å²) in [6, 6.07) is 0. The van der Waals surface area contributed by atoms with E-state index in [1.165, 1.54) is 25.7 Å². The van der Waals surface area contributed by atoms with Crippen LogP contribution in [0.1, 0.15) is 59.3 Å². The van der Waals surface area contributed by atoms with Gasteiger partial charge in [0.05, 0.1) is 6.54 Å². The van der Waals surface area contributed by atoms with E-state index >= 15 is 0 Å². The molecular formula is C16H29NO2. The van der Waals surface area contributed by atoms with E-state index in [9.17, 15) is 4.79 Å². The quantitative estimate of drug-likeness (QED) is 0.735. The number of carbonyl (C=O) groups is 1. The molecule has 3 heteroatoms. The predicted molar refractivity (Wildman–Crippen MR) is 77.0 cm³/mol. The molecule has 2 aliphatic rings. The first kappa shape index (κ1) is 14.8. The molecule has 2 fully saturated rings. The van der Waals surface area contributed by atoms with Crippen LogP contribution in [-0.4, -0.2) is 36.6 Å². The van der Waals surface area contributed by atoms with Gasteiger partial charge in [-0.1, -0.05) is 27.2 Å². The van der Waals surface area contributed by atoms with Crippen molar-refractivity contribution in [1.29, 1.82) is 0 Å². The van der Waals surface area contributed by atoms with E-state index in [0.717, 1.165) is 25.9 Å². The molecule has 0 spiro atoms. The van der Waals surface area contributed by atoms with Gasteiger partial charge in [0, 0.05) is 0 Å². The van der Waals surface area contributed by atoms with Crippen molar-refractivity contribution in [2.45, 2.75) is 65.4 Å². The van der Waals surface area contributed by atoms with E-state index in [2.05, 4.69) is 25.7 Å². The summed E-state index contributed by atoms with van der Waals surface area (Å²) < 4.78 is 5.72. The third-order valence-electron chi connectivity index (χ3n) is 4.45. The Kier molecular flexibility index (Phi) is 4.88. The molecule has 0 aromatic rings. The summed E-state index contributed by atoms with van der Waals surface area (Å²) in [6.07, 6.45) is 7.18. The lowest BCUT2D eigenvalue weighted by Crippen LogP contribution is -2.39. The molecule has 1 saturated heterocycles. The first-order chi connectivity index (χ1) is 8.94. The molecule has 0 aromatic heterocycles. The van der Waals surface area contributed by atoms with E-state index in [1.807, 2.05) is 0 Å². The minimum atomic E-state index is -0.0169. The maximum atomic E-state index is 12.0. The van der Waals surface area contributed by atoms with Crippen LogP contribution in [0.2, 0.25) is 0 Å². The number of ether oxygens (including phenoxy) is 1. The van der Waals surface area contributed by atoms with Crippen molar-refractivity contribution >= 4 is 5.97 Å². The van der Waals surface area contributed by atoms with Crippen LogP contribution in [0.15, 0.2) is 0 Å². The maximum Gasteiger partial charge on any atom is 0.320 e. The highest BCUT2D eigenvalue weighted by molar-refractivity contribution is 5.71. The molecule has 1 heterocycles. The maximum absolute atomic E-state index is 12.0. The number of carbonyl (C=O) groups excluding carboxylic acids is 1. The largest absolute Gasteiger partial charge is 0.461 e. The Morgan fingerprint density at radius 3 is 2.53 bits per heavy atom. The van der Waals surface area contributed by atoms with Gasteiger partial charge in [-0.3, -0.25) is 9.69 Å². The van der Waals surface area contributed by atoms with Gasteiger partial charge in [0.25, 0.3) is 0 Å². The SMILES string of the molecule is C[C@@H]1C[C@H](OC(=O)CN2CCCCC2)CC(C)(C)C1. The molecule has 1 saturated carbocycles. The predicted octanol–water partition coefficient (Wildman–Crippen LogP) is 3.23. The Balaban J connectivity index is 1.78. The molecule has 1 aliphatic carbocycles. The zero-order chi connectivity index (χ0) is 13.9. The summed E-state index contributed by atoms with van der Waals surface area (Å²) in [5.41, 5.74) is 0.313. The zero-order valence-corrected chi connectivity index (χ0v) is 12.8. The fraction of sp³-hybridized carbons (Fsp3) is 0.938. The van der Waals surface area contributed by atoms with E-state index in [4.69, 9.17) is 4.74 Å². The Bertz CT molecular complexity index is 308. The Labute approximate surface area is 117 Å². The summed E-state index contributed by atoms with van der Waals surface area (Å²) in [5, 5.41) is 0. The number of hydrogen-bond acceptors (Lipinski definition) is 3. The van der Waals surface area contributed by atoms with Crippen molar-refractivity contribution in [3.05, 3.63) is 0 Å². The second-order valence-electron chi connectivity index (χ2n) is 7.36. The van der Waals surface area contributed by atoms with Crippen LogP contribution in [-0.2, 0) is 9.53 Å². The topological polar surface area (TPSA) is 29.5 Å². The van der Waals surface area contributed by atoms with Crippen LogP contribution in [0.5, 0.6) is 0 Å². The standard InChI is InChI=1S/C16H29NO2/c1-13-9-14(11-16(2,3)10-13)19-15(18)12-17-7-5-4-6-8-17/h13-14H,4-12H2,1-3H3/t13-,14+/m1/s1. The molecule has 110 valence electrons. The number of hydrogen-bond donors (Lipinski definition) is 0. The fourth-order valence-electron chi connectivity index (χ4n) is 3.87. The molecule has 1 aliphatic heterocycles. The van der Waals surface area contributed by atoms with Gasteiger partial charge in [0.1, 0.15) is 6.10 Å². The summed E-state index contributed by atoms with van der Waals surface area (Å²) in [4.78, 5) is 14.3. The molecule has 0 amide bonds. The van der Waals surface area contributed by atoms with E-state index < -0.39 is 0 Å². The van der Waals surface area contributed by atoms with Crippen LogP contribution >= 0.6 is 0 Å². The van der Waals surface area contributed by atoms with Gasteiger partial charge >= 0.3 is 5.97 Å². The summed E-state index contributed by atoms with van der Waals surface area (Å²) in [6.45, 7) is 9.45. The molecule has 0 aromatic carbocycles. The number of rotatable bonds is 3. The first-order valence-corrected chi connectivity index (χ1v) is 7.86. The van der Waals surface area contributed by atoms with Crippen molar-refractivity contribution in [2.75, 3.05) is 19.6 Å². The van der Waals surface area contributed by atoms with Crippen molar-refractivity contribution < 1.29 is 9.53 Å². The van der Waals surface area contributed by atoms with E-state index in [0.29, 0.717) is 17.9 Å². The van der Waals surface area contributed by atoms with Crippen LogP contribution in [0, 0.1) is 11.3 Å². The van der Waals surface area contributed by atoms with Gasteiger partial charge in [0.15, 0.2) is 0 Å². The molecule has 0 unspecified atom stereocenters. The smallest absolute Gasteiger partial charge is 0.320 e. The van der Waals surface area contributed by atoms with Gasteiger partial charge < -0.3 is 4.74 Å². The molecular weight excluding hydrogens is 238 g/mol. The molecule has 0 bridgehead atoms. The van der Waals surface area contributed by atoms with Gasteiger partial charge in [-0.05, 0) is 56.5 Å². The molecule has 3 nitrogen and oxygen atoms in total. The zero-order valence-electron chi connectivity index (χ0n) is 12.8. The lowest BCUT2D eigenvalue weighted by molar-refractivity contribution is -0.154. The molecule has 2 rings (SSSR count). The second-order valence-corrected chi connectivity index (χ2v) is 7.36. The lowest BCUT2D eigenvalue weighted by Gasteiger charge is -2.38. The van der Waals surface area contributed by atoms with Crippen LogP contribution < -0.4 is 0 Å². The summed E-state index contributed by atoms with van der Waals surface area (Å²) in [5.74, 6) is 0.647. The van der Waals surface area contributed by atoms with Gasteiger partial charge in [-0.25, -0.2) is 0 Å². The van der Waals surface area contributed by atoms with Crippen molar-refractivity contribution in [2.24, 2.45) is 11.3 Å². The second kappa shape index (κ2) is 6.25. The number of esters is 1. The van der Waals surface area contributed by atoms with Gasteiger partial charge in [-0.2, -0.15) is 0 Å². The summed E-state index contributed by atoms with van der Waals surface area (Å²) in [7, 11) is 0. The lowest BCUT2D eigenvalue weighted by atomic mass is 9.71. The molecule has 0 N–H and O–H groups in total. The minimum absolute atomic E-state index is 0.0169. The highest BCUT2D eigenvalue weighted by Gasteiger charge is 2.34. The van der Waals surface area contributed by atoms with E-state index in [1.54, 1.807) is 0 Å². The summed E-state index contributed by atoms with van der Waals surface area (Å²) >= 11 is 0. The minimum Gasteiger partial charge on any atom is -0.461 e. The van der Waals surface area contributed by atoms with Crippen molar-refractivity contribution in [1.82, 2.24) is 4.90 Å². The van der Waals surface area contributed by atoms with E-state index in [-0.39, 0.29) is 12.1 Å². The third kappa shape index (κ3) is 4.79. The molecule has 19 heavy (non-hydrogen) atoms. The number of likely N-dealkylation sites (tertiary alicyclic amines) is 1. The van der Waals surface area contributed by atoms with Gasteiger partial charge in [-0.15, -0.1) is 0 Å². The molecule has 0 radical (unpaired) electrons. The van der Waals surface area contributed by atoms with Crippen molar-refractivity contribution in [3.8, 4) is 0 Å². The highest BCUT2D eigenvalue weighted by Crippen LogP contribution is 2.39. The third-order valence-corrected chi connectivity index (χ3v) is 4.45. The van der Waals surface area contributed by atoms with Crippen molar-refractivity contribution in [3.63, 3.8) is 0 Å². The van der Waals surface area contributed by atoms with Crippen LogP contribution in [0.3, 0.4) is 0 Å². The average Bonchev–Trinajstić information content (AvgIpc) is 2.26. The average molecular weight is 267 g/mol. The Morgan fingerprint density at radius 1 is 1.21 bits per heavy atom. The number of piperidine rings is 1. The van der Waals surface area contributed by atoms with Crippen LogP contribution in [0.4, 0.5) is 0 Å². The monoisotopic (exact) mass is 267 g/mol.